The van der Waals surface area contributed by atoms with Crippen molar-refractivity contribution < 1.29 is 8.42 Å². The maximum atomic E-state index is 11.3. The molecule has 2 heterocycles. The van der Waals surface area contributed by atoms with Gasteiger partial charge in [0.25, 0.3) is 0 Å². The molecule has 2 rings (SSSR count). The van der Waals surface area contributed by atoms with Crippen LogP contribution in [0.3, 0.4) is 0 Å². The number of H-pyrrole nitrogens is 1. The van der Waals surface area contributed by atoms with Gasteiger partial charge in [-0.1, -0.05) is 0 Å². The molecular formula is C10H13N3O2S2. The van der Waals surface area contributed by atoms with Crippen molar-refractivity contribution in [1.29, 1.82) is 0 Å². The average Bonchev–Trinajstić information content (AvgIpc) is 2.50. The zero-order chi connectivity index (χ0) is 12.6. The molecule has 0 radical (unpaired) electrons. The van der Waals surface area contributed by atoms with Gasteiger partial charge in [-0.25, -0.2) is 8.42 Å². The number of hydrogen-bond donors (Lipinski definition) is 1. The monoisotopic (exact) mass is 271 g/mol. The van der Waals surface area contributed by atoms with E-state index in [2.05, 4.69) is 9.97 Å². The number of imidazole rings is 1. The zero-order valence-corrected chi connectivity index (χ0v) is 11.2. The highest BCUT2D eigenvalue weighted by Gasteiger charge is 2.15. The Morgan fingerprint density at radius 2 is 2.29 bits per heavy atom. The molecule has 0 spiro atoms. The molecule has 5 nitrogen and oxygen atoms in total. The van der Waals surface area contributed by atoms with Gasteiger partial charge in [-0.15, -0.1) is 0 Å². The molecule has 17 heavy (non-hydrogen) atoms. The van der Waals surface area contributed by atoms with Crippen LogP contribution < -0.4 is 0 Å². The van der Waals surface area contributed by atoms with Gasteiger partial charge in [0, 0.05) is 18.5 Å². The lowest BCUT2D eigenvalue weighted by molar-refractivity contribution is 0.566. The van der Waals surface area contributed by atoms with Crippen molar-refractivity contribution in [1.82, 2.24) is 14.5 Å². The molecule has 1 atom stereocenters. The maximum absolute atomic E-state index is 11.3. The standard InChI is InChI=1S/C10H13N3O2S2/c1-7(6-17(2,14)15)13-9-3-4-11-5-8(9)12-10(13)16/h3-5,7H,6H2,1-2H3,(H,12,16). The highest BCUT2D eigenvalue weighted by atomic mass is 32.2. The van der Waals surface area contributed by atoms with Crippen LogP contribution in [0, 0.1) is 4.77 Å². The van der Waals surface area contributed by atoms with Crippen molar-refractivity contribution in [3.8, 4) is 0 Å². The largest absolute Gasteiger partial charge is 0.329 e. The second-order valence-electron chi connectivity index (χ2n) is 4.13. The quantitative estimate of drug-likeness (QED) is 0.863. The first-order valence-electron chi connectivity index (χ1n) is 5.10. The average molecular weight is 271 g/mol. The summed E-state index contributed by atoms with van der Waals surface area (Å²) in [4.78, 5) is 7.01. The number of nitrogens with zero attached hydrogens (tertiary/aromatic N) is 2. The minimum Gasteiger partial charge on any atom is -0.329 e. The van der Waals surface area contributed by atoms with Gasteiger partial charge in [0.1, 0.15) is 9.84 Å². The molecule has 0 aliphatic carbocycles. The molecule has 1 N–H and O–H groups in total. The summed E-state index contributed by atoms with van der Waals surface area (Å²) in [5.41, 5.74) is 1.69. The van der Waals surface area contributed by atoms with Gasteiger partial charge >= 0.3 is 0 Å². The third-order valence-electron chi connectivity index (χ3n) is 2.50. The Hall–Kier alpha value is -1.21. The topological polar surface area (TPSA) is 67.8 Å². The summed E-state index contributed by atoms with van der Waals surface area (Å²) in [6.07, 6.45) is 4.56. The lowest BCUT2D eigenvalue weighted by Crippen LogP contribution is -2.16. The number of fused-ring (bicyclic) bond motifs is 1. The number of aromatic amines is 1. The van der Waals surface area contributed by atoms with Crippen LogP contribution in [0.25, 0.3) is 11.0 Å². The number of nitrogens with one attached hydrogen (secondary N) is 1. The fourth-order valence-corrected chi connectivity index (χ4v) is 3.34. The van der Waals surface area contributed by atoms with Gasteiger partial charge in [-0.2, -0.15) is 0 Å². The van der Waals surface area contributed by atoms with Crippen molar-refractivity contribution >= 4 is 33.1 Å². The molecular weight excluding hydrogens is 258 g/mol. The molecule has 0 aromatic carbocycles. The highest BCUT2D eigenvalue weighted by Crippen LogP contribution is 2.18. The van der Waals surface area contributed by atoms with Crippen molar-refractivity contribution in [3.05, 3.63) is 23.2 Å². The fourth-order valence-electron chi connectivity index (χ4n) is 1.93. The van der Waals surface area contributed by atoms with Crippen molar-refractivity contribution in [2.24, 2.45) is 0 Å². The van der Waals surface area contributed by atoms with Crippen LogP contribution in [0.4, 0.5) is 0 Å². The maximum Gasteiger partial charge on any atom is 0.178 e. The zero-order valence-electron chi connectivity index (χ0n) is 9.54. The SMILES string of the molecule is CC(CS(C)(=O)=O)n1c(=S)[nH]c2cnccc21. The van der Waals surface area contributed by atoms with Gasteiger partial charge < -0.3 is 9.55 Å². The van der Waals surface area contributed by atoms with Crippen LogP contribution in [0.2, 0.25) is 0 Å². The van der Waals surface area contributed by atoms with E-state index in [9.17, 15) is 8.42 Å². The van der Waals surface area contributed by atoms with Crippen molar-refractivity contribution in [2.75, 3.05) is 12.0 Å². The third kappa shape index (κ3) is 2.55. The highest BCUT2D eigenvalue weighted by molar-refractivity contribution is 7.90. The van der Waals surface area contributed by atoms with E-state index < -0.39 is 9.84 Å². The Morgan fingerprint density at radius 1 is 1.59 bits per heavy atom. The minimum absolute atomic E-state index is 0.0661. The normalized spacial score (nSPS) is 14.0. The number of hydrogen-bond acceptors (Lipinski definition) is 4. The lowest BCUT2D eigenvalue weighted by atomic mass is 10.3. The van der Waals surface area contributed by atoms with Crippen LogP contribution in [0.15, 0.2) is 18.5 Å². The Labute approximate surface area is 104 Å². The van der Waals surface area contributed by atoms with E-state index in [-0.39, 0.29) is 11.8 Å². The lowest BCUT2D eigenvalue weighted by Gasteiger charge is -2.13. The van der Waals surface area contributed by atoms with Crippen molar-refractivity contribution in [2.45, 2.75) is 13.0 Å². The third-order valence-corrected chi connectivity index (χ3v) is 3.89. The van der Waals surface area contributed by atoms with Crippen LogP contribution in [0.5, 0.6) is 0 Å². The molecule has 92 valence electrons. The van der Waals surface area contributed by atoms with Crippen LogP contribution >= 0.6 is 12.2 Å². The van der Waals surface area contributed by atoms with E-state index in [1.54, 1.807) is 12.4 Å². The number of rotatable bonds is 3. The van der Waals surface area contributed by atoms with Gasteiger partial charge in [0.2, 0.25) is 0 Å². The summed E-state index contributed by atoms with van der Waals surface area (Å²) in [6.45, 7) is 1.84. The molecule has 0 aliphatic rings. The van der Waals surface area contributed by atoms with E-state index in [0.717, 1.165) is 11.0 Å². The molecule has 0 fully saturated rings. The number of sulfone groups is 1. The van der Waals surface area contributed by atoms with Gasteiger partial charge in [0.15, 0.2) is 4.77 Å². The summed E-state index contributed by atoms with van der Waals surface area (Å²) in [6, 6.07) is 1.62. The Bertz CT molecular complexity index is 700. The van der Waals surface area contributed by atoms with E-state index in [1.165, 1.54) is 6.26 Å². The first-order chi connectivity index (χ1) is 7.88. The predicted octanol–water partition coefficient (Wildman–Crippen LogP) is 1.70. The van der Waals surface area contributed by atoms with E-state index in [4.69, 9.17) is 12.2 Å². The van der Waals surface area contributed by atoms with Gasteiger partial charge in [-0.3, -0.25) is 4.98 Å². The Morgan fingerprint density at radius 3 is 2.94 bits per heavy atom. The molecule has 0 amide bonds. The van der Waals surface area contributed by atoms with Crippen LogP contribution in [-0.2, 0) is 9.84 Å². The summed E-state index contributed by atoms with van der Waals surface area (Å²) in [5, 5.41) is 0. The Kier molecular flexibility index (Phi) is 3.05. The molecule has 0 saturated heterocycles. The first kappa shape index (κ1) is 12.3. The van der Waals surface area contributed by atoms with Crippen molar-refractivity contribution in [3.63, 3.8) is 0 Å². The number of pyridine rings is 1. The minimum atomic E-state index is -3.03. The van der Waals surface area contributed by atoms with E-state index in [1.807, 2.05) is 17.6 Å². The molecule has 0 bridgehead atoms. The van der Waals surface area contributed by atoms with E-state index >= 15 is 0 Å². The molecule has 1 unspecified atom stereocenters. The second kappa shape index (κ2) is 4.23. The molecule has 0 saturated carbocycles. The molecule has 2 aromatic rings. The summed E-state index contributed by atoms with van der Waals surface area (Å²) < 4.78 is 25.0. The van der Waals surface area contributed by atoms with Crippen LogP contribution in [-0.4, -0.2) is 35.0 Å². The van der Waals surface area contributed by atoms with E-state index in [0.29, 0.717) is 4.77 Å². The molecule has 7 heteroatoms. The summed E-state index contributed by atoms with van der Waals surface area (Å²) in [5.74, 6) is 0.0661. The van der Waals surface area contributed by atoms with Crippen LogP contribution in [0.1, 0.15) is 13.0 Å². The molecule has 0 aliphatic heterocycles. The van der Waals surface area contributed by atoms with Gasteiger partial charge in [-0.05, 0) is 25.2 Å². The molecule has 2 aromatic heterocycles. The number of aromatic nitrogens is 3. The smallest absolute Gasteiger partial charge is 0.178 e. The first-order valence-corrected chi connectivity index (χ1v) is 7.57. The second-order valence-corrected chi connectivity index (χ2v) is 6.71. The summed E-state index contributed by atoms with van der Waals surface area (Å²) in [7, 11) is -3.03. The summed E-state index contributed by atoms with van der Waals surface area (Å²) >= 11 is 5.20. The predicted molar refractivity (Wildman–Crippen MR) is 69.3 cm³/mol. The van der Waals surface area contributed by atoms with Gasteiger partial charge in [0.05, 0.1) is 23.0 Å². The Balaban J connectivity index is 2.55. The fraction of sp³-hybridized carbons (Fsp3) is 0.400.